The first-order valence-electron chi connectivity index (χ1n) is 7.45. The normalized spacial score (nSPS) is 32.1. The van der Waals surface area contributed by atoms with E-state index in [4.69, 9.17) is 0 Å². The Morgan fingerprint density at radius 1 is 1.16 bits per heavy atom. The van der Waals surface area contributed by atoms with Gasteiger partial charge in [-0.25, -0.2) is 4.39 Å². The summed E-state index contributed by atoms with van der Waals surface area (Å²) in [5.41, 5.74) is 0.0280. The van der Waals surface area contributed by atoms with Crippen molar-refractivity contribution < 1.29 is 8.78 Å². The minimum Gasteiger partial charge on any atom is -0.304 e. The summed E-state index contributed by atoms with van der Waals surface area (Å²) in [5.74, 6) is 0.701. The first-order chi connectivity index (χ1) is 9.02. The van der Waals surface area contributed by atoms with Gasteiger partial charge in [-0.05, 0) is 25.8 Å². The molecule has 114 valence electrons. The van der Waals surface area contributed by atoms with Gasteiger partial charge in [-0.15, -0.1) is 0 Å². The van der Waals surface area contributed by atoms with Gasteiger partial charge in [0.15, 0.2) is 0 Å². The topological polar surface area (TPSA) is 6.48 Å². The van der Waals surface area contributed by atoms with Crippen LogP contribution in [-0.4, -0.2) is 62.9 Å². The van der Waals surface area contributed by atoms with Gasteiger partial charge in [-0.3, -0.25) is 4.39 Å². The van der Waals surface area contributed by atoms with Crippen molar-refractivity contribution in [1.29, 1.82) is 0 Å². The minimum absolute atomic E-state index is 0.0280. The number of rotatable bonds is 5. The van der Waals surface area contributed by atoms with Gasteiger partial charge in [0.05, 0.1) is 7.18 Å². The standard InChI is InChI=1S/C14H27FN2.CH3F/c1-12(2)4-5-14(10-13(14)15)11-17-8-6-16(3)7-9-17;1-2/h12-13H,4-11H2,1-3H3;1H3. The number of alkyl halides is 2. The third-order valence-corrected chi connectivity index (χ3v) is 4.44. The molecule has 1 aliphatic heterocycles. The Balaban J connectivity index is 0.000000861. The third-order valence-electron chi connectivity index (χ3n) is 4.44. The van der Waals surface area contributed by atoms with Gasteiger partial charge in [0, 0.05) is 38.1 Å². The average molecular weight is 276 g/mol. The summed E-state index contributed by atoms with van der Waals surface area (Å²) in [5, 5.41) is 0. The number of piperazine rings is 1. The first kappa shape index (κ1) is 16.8. The lowest BCUT2D eigenvalue weighted by Gasteiger charge is -2.35. The van der Waals surface area contributed by atoms with Crippen LogP contribution in [-0.2, 0) is 0 Å². The van der Waals surface area contributed by atoms with Crippen LogP contribution in [0.5, 0.6) is 0 Å². The van der Waals surface area contributed by atoms with Crippen LogP contribution < -0.4 is 0 Å². The zero-order valence-corrected chi connectivity index (χ0v) is 13.0. The molecule has 2 nitrogen and oxygen atoms in total. The van der Waals surface area contributed by atoms with Crippen molar-refractivity contribution in [2.24, 2.45) is 11.3 Å². The zero-order valence-electron chi connectivity index (χ0n) is 13.0. The Bertz CT molecular complexity index is 253. The maximum absolute atomic E-state index is 13.7. The van der Waals surface area contributed by atoms with Gasteiger partial charge in [-0.2, -0.15) is 0 Å². The highest BCUT2D eigenvalue weighted by Gasteiger charge is 2.55. The lowest BCUT2D eigenvalue weighted by atomic mass is 9.94. The van der Waals surface area contributed by atoms with Crippen LogP contribution in [0, 0.1) is 11.3 Å². The molecule has 2 unspecified atom stereocenters. The van der Waals surface area contributed by atoms with E-state index in [0.29, 0.717) is 13.1 Å². The van der Waals surface area contributed by atoms with Crippen LogP contribution in [0.3, 0.4) is 0 Å². The molecule has 1 saturated carbocycles. The van der Waals surface area contributed by atoms with Crippen LogP contribution in [0.15, 0.2) is 0 Å². The number of likely N-dealkylation sites (N-methyl/N-ethyl adjacent to an activating group) is 1. The van der Waals surface area contributed by atoms with Crippen molar-refractivity contribution in [1.82, 2.24) is 9.80 Å². The quantitative estimate of drug-likeness (QED) is 0.761. The van der Waals surface area contributed by atoms with Gasteiger partial charge in [0.2, 0.25) is 0 Å². The van der Waals surface area contributed by atoms with Crippen LogP contribution >= 0.6 is 0 Å². The minimum atomic E-state index is -0.527. The number of halogens is 2. The summed E-state index contributed by atoms with van der Waals surface area (Å²) >= 11 is 0. The molecule has 19 heavy (non-hydrogen) atoms. The van der Waals surface area contributed by atoms with Gasteiger partial charge in [0.1, 0.15) is 6.17 Å². The van der Waals surface area contributed by atoms with Crippen molar-refractivity contribution >= 4 is 0 Å². The average Bonchev–Trinajstić information content (AvgIpc) is 3.03. The highest BCUT2D eigenvalue weighted by molar-refractivity contribution is 5.05. The predicted octanol–water partition coefficient (Wildman–Crippen LogP) is 2.98. The van der Waals surface area contributed by atoms with Crippen molar-refractivity contribution in [2.45, 2.75) is 39.3 Å². The monoisotopic (exact) mass is 276 g/mol. The van der Waals surface area contributed by atoms with E-state index in [1.54, 1.807) is 0 Å². The molecule has 0 radical (unpaired) electrons. The number of hydrogen-bond acceptors (Lipinski definition) is 2. The SMILES string of the molecule is CC(C)CCC1(CN2CCN(C)CC2)CC1F.CF. The van der Waals surface area contributed by atoms with Gasteiger partial charge < -0.3 is 9.80 Å². The molecular weight excluding hydrogens is 246 g/mol. The van der Waals surface area contributed by atoms with E-state index in [1.807, 2.05) is 0 Å². The lowest BCUT2D eigenvalue weighted by Crippen LogP contribution is -2.46. The molecule has 0 aromatic carbocycles. The molecule has 2 atom stereocenters. The Morgan fingerprint density at radius 3 is 2.11 bits per heavy atom. The molecule has 0 bridgehead atoms. The molecule has 0 spiro atoms. The number of hydrogen-bond donors (Lipinski definition) is 0. The smallest absolute Gasteiger partial charge is 0.108 e. The van der Waals surface area contributed by atoms with E-state index in [0.717, 1.165) is 45.6 Å². The van der Waals surface area contributed by atoms with Crippen molar-refractivity contribution in [2.75, 3.05) is 46.9 Å². The molecule has 0 N–H and O–H groups in total. The number of nitrogens with zero attached hydrogens (tertiary/aromatic N) is 2. The first-order valence-corrected chi connectivity index (χ1v) is 7.45. The largest absolute Gasteiger partial charge is 0.304 e. The van der Waals surface area contributed by atoms with Gasteiger partial charge >= 0.3 is 0 Å². The molecule has 2 fully saturated rings. The van der Waals surface area contributed by atoms with Gasteiger partial charge in [-0.1, -0.05) is 20.3 Å². The molecule has 1 heterocycles. The summed E-state index contributed by atoms with van der Waals surface area (Å²) in [7, 11) is 2.67. The highest BCUT2D eigenvalue weighted by Crippen LogP contribution is 2.53. The summed E-state index contributed by atoms with van der Waals surface area (Å²) in [6, 6.07) is 0. The molecular formula is C15H30F2N2. The van der Waals surface area contributed by atoms with E-state index in [-0.39, 0.29) is 5.41 Å². The Kier molecular flexibility index (Phi) is 6.67. The second kappa shape index (κ2) is 7.53. The fourth-order valence-corrected chi connectivity index (χ4v) is 2.83. The van der Waals surface area contributed by atoms with E-state index in [2.05, 4.69) is 30.7 Å². The Labute approximate surface area is 117 Å². The zero-order chi connectivity index (χ0) is 14.5. The summed E-state index contributed by atoms with van der Waals surface area (Å²) in [6.45, 7) is 9.97. The Hall–Kier alpha value is -0.220. The second-order valence-electron chi connectivity index (χ2n) is 6.55. The van der Waals surface area contributed by atoms with Crippen molar-refractivity contribution in [3.63, 3.8) is 0 Å². The molecule has 0 amide bonds. The Morgan fingerprint density at radius 2 is 1.68 bits per heavy atom. The highest BCUT2D eigenvalue weighted by atomic mass is 19.1. The van der Waals surface area contributed by atoms with Crippen LogP contribution in [0.25, 0.3) is 0 Å². The molecule has 0 aromatic rings. The summed E-state index contributed by atoms with van der Waals surface area (Å²) in [4.78, 5) is 4.83. The molecule has 4 heteroatoms. The van der Waals surface area contributed by atoms with Gasteiger partial charge in [0.25, 0.3) is 0 Å². The molecule has 2 rings (SSSR count). The fourth-order valence-electron chi connectivity index (χ4n) is 2.83. The molecule has 2 aliphatic rings. The predicted molar refractivity (Wildman–Crippen MR) is 77.0 cm³/mol. The second-order valence-corrected chi connectivity index (χ2v) is 6.55. The van der Waals surface area contributed by atoms with E-state index >= 15 is 0 Å². The van der Waals surface area contributed by atoms with E-state index in [1.165, 1.54) is 6.42 Å². The molecule has 1 aliphatic carbocycles. The fraction of sp³-hybridized carbons (Fsp3) is 1.00. The van der Waals surface area contributed by atoms with E-state index < -0.39 is 6.17 Å². The van der Waals surface area contributed by atoms with Crippen molar-refractivity contribution in [3.05, 3.63) is 0 Å². The maximum Gasteiger partial charge on any atom is 0.108 e. The summed E-state index contributed by atoms with van der Waals surface area (Å²) < 4.78 is 23.2. The third kappa shape index (κ3) is 4.99. The molecule has 0 aromatic heterocycles. The lowest BCUT2D eigenvalue weighted by molar-refractivity contribution is 0.117. The van der Waals surface area contributed by atoms with E-state index in [9.17, 15) is 8.78 Å². The van der Waals surface area contributed by atoms with Crippen LogP contribution in [0.1, 0.15) is 33.1 Å². The van der Waals surface area contributed by atoms with Crippen LogP contribution in [0.2, 0.25) is 0 Å². The maximum atomic E-state index is 13.7. The summed E-state index contributed by atoms with van der Waals surface area (Å²) in [6.07, 6.45) is 2.54. The molecule has 1 saturated heterocycles. The van der Waals surface area contributed by atoms with Crippen LogP contribution in [0.4, 0.5) is 8.78 Å². The van der Waals surface area contributed by atoms with Crippen molar-refractivity contribution in [3.8, 4) is 0 Å².